The minimum atomic E-state index is -0.280. The normalized spacial score (nSPS) is 33.2. The van der Waals surface area contributed by atoms with Crippen LogP contribution >= 0.6 is 0 Å². The van der Waals surface area contributed by atoms with Gasteiger partial charge in [0, 0.05) is 18.0 Å². The second-order valence-corrected chi connectivity index (χ2v) is 7.76. The van der Waals surface area contributed by atoms with Gasteiger partial charge in [0.05, 0.1) is 19.1 Å². The third-order valence-corrected chi connectivity index (χ3v) is 6.41. The Balaban J connectivity index is 1.40. The van der Waals surface area contributed by atoms with E-state index >= 15 is 0 Å². The summed E-state index contributed by atoms with van der Waals surface area (Å²) in [6.45, 7) is 2.63. The van der Waals surface area contributed by atoms with Crippen LogP contribution in [0.2, 0.25) is 0 Å². The molecule has 1 aliphatic heterocycles. The molecule has 0 aromatic heterocycles. The van der Waals surface area contributed by atoms with Crippen molar-refractivity contribution < 1.29 is 14.4 Å². The van der Waals surface area contributed by atoms with E-state index in [9.17, 15) is 4.79 Å². The number of ether oxygens (including phenoxy) is 1. The molecule has 2 aliphatic carbocycles. The number of para-hydroxylation sites is 1. The second kappa shape index (κ2) is 7.14. The maximum Gasteiger partial charge on any atom is 0.411 e. The van der Waals surface area contributed by atoms with E-state index in [1.165, 1.54) is 58.0 Å². The van der Waals surface area contributed by atoms with E-state index in [0.717, 1.165) is 5.69 Å². The van der Waals surface area contributed by atoms with Crippen molar-refractivity contribution in [2.24, 2.45) is 11.8 Å². The van der Waals surface area contributed by atoms with Crippen molar-refractivity contribution in [3.8, 4) is 0 Å². The molecule has 2 saturated carbocycles. The number of quaternary nitrogens is 1. The van der Waals surface area contributed by atoms with Crippen LogP contribution in [0.25, 0.3) is 0 Å². The van der Waals surface area contributed by atoms with Crippen molar-refractivity contribution in [3.63, 3.8) is 0 Å². The van der Waals surface area contributed by atoms with Crippen molar-refractivity contribution in [2.45, 2.75) is 57.1 Å². The maximum atomic E-state index is 12.3. The van der Waals surface area contributed by atoms with Gasteiger partial charge >= 0.3 is 6.09 Å². The van der Waals surface area contributed by atoms with Crippen molar-refractivity contribution >= 4 is 11.8 Å². The van der Waals surface area contributed by atoms with Gasteiger partial charge in [0.2, 0.25) is 0 Å². The highest BCUT2D eigenvalue weighted by Gasteiger charge is 2.50. The van der Waals surface area contributed by atoms with Crippen LogP contribution in [0.1, 0.15) is 44.9 Å². The first-order valence-electron chi connectivity index (χ1n) is 9.68. The number of anilines is 1. The predicted octanol–water partition coefficient (Wildman–Crippen LogP) is 2.86. The second-order valence-electron chi connectivity index (χ2n) is 7.76. The molecule has 2 N–H and O–H groups in total. The molecule has 24 heavy (non-hydrogen) atoms. The highest BCUT2D eigenvalue weighted by Crippen LogP contribution is 2.43. The number of rotatable bonds is 3. The third kappa shape index (κ3) is 3.30. The Kier molecular flexibility index (Phi) is 4.74. The highest BCUT2D eigenvalue weighted by molar-refractivity contribution is 5.84. The largest absolute Gasteiger partial charge is 0.445 e. The van der Waals surface area contributed by atoms with Crippen LogP contribution in [-0.4, -0.2) is 31.3 Å². The zero-order chi connectivity index (χ0) is 16.4. The fourth-order valence-electron chi connectivity index (χ4n) is 5.29. The number of carbonyl (C=O) groups is 1. The Morgan fingerprint density at radius 1 is 1.00 bits per heavy atom. The van der Waals surface area contributed by atoms with Gasteiger partial charge in [-0.05, 0) is 56.6 Å². The number of piperidine rings is 1. The molecule has 1 saturated heterocycles. The lowest BCUT2D eigenvalue weighted by Crippen LogP contribution is -3.17. The van der Waals surface area contributed by atoms with Gasteiger partial charge in [0.1, 0.15) is 6.10 Å². The van der Waals surface area contributed by atoms with Crippen molar-refractivity contribution in [2.75, 3.05) is 18.4 Å². The average Bonchev–Trinajstić information content (AvgIpc) is 2.87. The lowest BCUT2D eigenvalue weighted by molar-refractivity contribution is -0.935. The number of hydrogen-bond acceptors (Lipinski definition) is 2. The molecule has 4 atom stereocenters. The summed E-state index contributed by atoms with van der Waals surface area (Å²) in [6, 6.07) is 10.3. The van der Waals surface area contributed by atoms with Crippen LogP contribution in [0.5, 0.6) is 0 Å². The van der Waals surface area contributed by atoms with E-state index in [1.807, 2.05) is 30.3 Å². The molecule has 4 heteroatoms. The molecule has 2 bridgehead atoms. The summed E-state index contributed by atoms with van der Waals surface area (Å²) in [7, 11) is 0. The molecule has 1 amide bonds. The molecule has 0 spiro atoms. The SMILES string of the molecule is O=C(Nc1ccccc1)O[C@H]1[C@H]2CC[C@@H]1[C@@H]([NH+]1CCCCC1)CC2. The summed E-state index contributed by atoms with van der Waals surface area (Å²) >= 11 is 0. The molecule has 4 rings (SSSR count). The summed E-state index contributed by atoms with van der Waals surface area (Å²) < 4.78 is 5.94. The number of benzene rings is 1. The number of fused-ring (bicyclic) bond motifs is 2. The van der Waals surface area contributed by atoms with Crippen molar-refractivity contribution in [1.82, 2.24) is 0 Å². The van der Waals surface area contributed by atoms with Crippen LogP contribution in [0.3, 0.4) is 0 Å². The van der Waals surface area contributed by atoms with Gasteiger partial charge in [0.25, 0.3) is 0 Å². The molecule has 3 fully saturated rings. The maximum absolute atomic E-state index is 12.3. The molecule has 1 aromatic carbocycles. The minimum Gasteiger partial charge on any atom is -0.445 e. The molecule has 130 valence electrons. The van der Waals surface area contributed by atoms with E-state index in [2.05, 4.69) is 5.32 Å². The first-order valence-corrected chi connectivity index (χ1v) is 9.68. The zero-order valence-electron chi connectivity index (χ0n) is 14.4. The van der Waals surface area contributed by atoms with Gasteiger partial charge in [-0.3, -0.25) is 5.32 Å². The van der Waals surface area contributed by atoms with E-state index in [4.69, 9.17) is 4.74 Å². The zero-order valence-corrected chi connectivity index (χ0v) is 14.4. The lowest BCUT2D eigenvalue weighted by Gasteiger charge is -2.41. The molecular formula is C20H29N2O2+. The van der Waals surface area contributed by atoms with Crippen molar-refractivity contribution in [3.05, 3.63) is 30.3 Å². The Bertz CT molecular complexity index is 556. The number of amides is 1. The topological polar surface area (TPSA) is 42.8 Å². The van der Waals surface area contributed by atoms with Crippen LogP contribution in [0, 0.1) is 11.8 Å². The minimum absolute atomic E-state index is 0.127. The van der Waals surface area contributed by atoms with Gasteiger partial charge < -0.3 is 9.64 Å². The smallest absolute Gasteiger partial charge is 0.411 e. The monoisotopic (exact) mass is 329 g/mol. The van der Waals surface area contributed by atoms with Gasteiger partial charge in [-0.1, -0.05) is 18.2 Å². The number of carbonyl (C=O) groups excluding carboxylic acids is 1. The van der Waals surface area contributed by atoms with Gasteiger partial charge in [-0.2, -0.15) is 0 Å². The average molecular weight is 329 g/mol. The van der Waals surface area contributed by atoms with Crippen LogP contribution in [0.4, 0.5) is 10.5 Å². The van der Waals surface area contributed by atoms with E-state index in [-0.39, 0.29) is 12.2 Å². The van der Waals surface area contributed by atoms with E-state index < -0.39 is 0 Å². The molecule has 1 aromatic rings. The van der Waals surface area contributed by atoms with Gasteiger partial charge in [0.15, 0.2) is 0 Å². The molecule has 1 heterocycles. The fourth-order valence-corrected chi connectivity index (χ4v) is 5.29. The fraction of sp³-hybridized carbons (Fsp3) is 0.650. The summed E-state index contributed by atoms with van der Waals surface area (Å²) in [5.74, 6) is 1.15. The van der Waals surface area contributed by atoms with Crippen LogP contribution in [0.15, 0.2) is 30.3 Å². The number of hydrogen-bond donors (Lipinski definition) is 2. The van der Waals surface area contributed by atoms with Crippen LogP contribution in [-0.2, 0) is 4.74 Å². The highest BCUT2D eigenvalue weighted by atomic mass is 16.6. The van der Waals surface area contributed by atoms with Gasteiger partial charge in [-0.15, -0.1) is 0 Å². The van der Waals surface area contributed by atoms with E-state index in [1.54, 1.807) is 4.90 Å². The molecule has 3 aliphatic rings. The Hall–Kier alpha value is -1.55. The summed E-state index contributed by atoms with van der Waals surface area (Å²) in [5.41, 5.74) is 0.809. The molecular weight excluding hydrogens is 300 g/mol. The lowest BCUT2D eigenvalue weighted by atomic mass is 9.81. The Morgan fingerprint density at radius 2 is 1.75 bits per heavy atom. The summed E-state index contributed by atoms with van der Waals surface area (Å²) in [5, 5.41) is 2.88. The quantitative estimate of drug-likeness (QED) is 0.895. The first kappa shape index (κ1) is 15.9. The third-order valence-electron chi connectivity index (χ3n) is 6.41. The molecule has 0 radical (unpaired) electrons. The standard InChI is InChI=1S/C20H28N2O2/c23-20(21-16-7-3-1-4-8-16)24-19-15-9-11-17(19)18(12-10-15)22-13-5-2-6-14-22/h1,3-4,7-8,15,17-19H,2,5-6,9-14H2,(H,21,23)/p+1/t15-,17+,18-,19-/m0/s1. The Labute approximate surface area is 144 Å². The van der Waals surface area contributed by atoms with E-state index in [0.29, 0.717) is 17.9 Å². The van der Waals surface area contributed by atoms with Crippen molar-refractivity contribution in [1.29, 1.82) is 0 Å². The predicted molar refractivity (Wildman–Crippen MR) is 94.1 cm³/mol. The number of nitrogens with one attached hydrogen (secondary N) is 2. The summed E-state index contributed by atoms with van der Waals surface area (Å²) in [4.78, 5) is 14.1. The molecule has 4 nitrogen and oxygen atoms in total. The van der Waals surface area contributed by atoms with Gasteiger partial charge in [-0.25, -0.2) is 4.79 Å². The molecule has 0 unspecified atom stereocenters. The number of likely N-dealkylation sites (tertiary alicyclic amines) is 1. The van der Waals surface area contributed by atoms with Crippen LogP contribution < -0.4 is 10.2 Å². The Morgan fingerprint density at radius 3 is 2.54 bits per heavy atom. The summed E-state index contributed by atoms with van der Waals surface area (Å²) in [6.07, 6.45) is 8.99. The first-order chi connectivity index (χ1) is 11.8.